The molecule has 0 saturated carbocycles. The standard InChI is InChI=1S/C30H29F3N6O3S/c1-19(2)24-8-3-4-9-25(24)39-26(40)17-43-29(39)36-28(41)34-15-14-20-6-5-7-21(16-20)27-35-18-38(37-27)22-10-12-23(13-11-22)42-30(31,32)33/h3-13,16,18-19,28,34,41H,14-15,17H2,1-2H3/b36-29-. The van der Waals surface area contributed by atoms with Gasteiger partial charge in [0.05, 0.1) is 17.1 Å². The van der Waals surface area contributed by atoms with Gasteiger partial charge in [0.15, 0.2) is 11.0 Å². The lowest BCUT2D eigenvalue weighted by Gasteiger charge is -2.22. The summed E-state index contributed by atoms with van der Waals surface area (Å²) >= 11 is 1.29. The number of nitrogens with zero attached hydrogens (tertiary/aromatic N) is 5. The lowest BCUT2D eigenvalue weighted by Crippen LogP contribution is -2.34. The number of carbonyl (C=O) groups excluding carboxylic acids is 1. The van der Waals surface area contributed by atoms with E-state index in [4.69, 9.17) is 0 Å². The zero-order valence-corrected chi connectivity index (χ0v) is 24.1. The second-order valence-corrected chi connectivity index (χ2v) is 10.9. The first-order valence-corrected chi connectivity index (χ1v) is 14.5. The number of thioether (sulfide) groups is 1. The summed E-state index contributed by atoms with van der Waals surface area (Å²) in [4.78, 5) is 23.0. The summed E-state index contributed by atoms with van der Waals surface area (Å²) in [5.41, 5.74) is 4.06. The van der Waals surface area contributed by atoms with Crippen LogP contribution in [-0.2, 0) is 11.2 Å². The third-order valence-corrected chi connectivity index (χ3v) is 7.49. The number of para-hydroxylation sites is 1. The minimum Gasteiger partial charge on any atom is -0.406 e. The number of rotatable bonds is 10. The van der Waals surface area contributed by atoms with Crippen LogP contribution in [0.15, 0.2) is 84.1 Å². The monoisotopic (exact) mass is 610 g/mol. The number of aliphatic imine (C=N–C) groups is 1. The molecule has 1 fully saturated rings. The molecule has 2 N–H and O–H groups in total. The average molecular weight is 611 g/mol. The highest BCUT2D eigenvalue weighted by atomic mass is 32.2. The highest BCUT2D eigenvalue weighted by Crippen LogP contribution is 2.33. The van der Waals surface area contributed by atoms with Crippen LogP contribution in [0.5, 0.6) is 5.75 Å². The number of hydrogen-bond acceptors (Lipinski definition) is 8. The van der Waals surface area contributed by atoms with Crippen LogP contribution >= 0.6 is 11.8 Å². The van der Waals surface area contributed by atoms with E-state index < -0.39 is 12.7 Å². The van der Waals surface area contributed by atoms with E-state index in [0.29, 0.717) is 29.6 Å². The van der Waals surface area contributed by atoms with Crippen molar-refractivity contribution >= 4 is 28.5 Å². The molecular weight excluding hydrogens is 581 g/mol. The number of anilines is 1. The molecule has 1 aliphatic rings. The van der Waals surface area contributed by atoms with E-state index in [1.165, 1.54) is 47.0 Å². The average Bonchev–Trinajstić information content (AvgIpc) is 3.60. The number of amidine groups is 1. The van der Waals surface area contributed by atoms with Gasteiger partial charge in [-0.15, -0.1) is 18.3 Å². The van der Waals surface area contributed by atoms with E-state index in [-0.39, 0.29) is 23.3 Å². The predicted octanol–water partition coefficient (Wildman–Crippen LogP) is 5.50. The number of ether oxygens (including phenoxy) is 1. The second-order valence-electron chi connectivity index (χ2n) is 9.98. The summed E-state index contributed by atoms with van der Waals surface area (Å²) in [7, 11) is 0. The van der Waals surface area contributed by atoms with Crippen molar-refractivity contribution in [1.29, 1.82) is 0 Å². The molecule has 0 aliphatic carbocycles. The molecule has 1 aromatic heterocycles. The minimum absolute atomic E-state index is 0.0793. The van der Waals surface area contributed by atoms with Crippen molar-refractivity contribution in [2.75, 3.05) is 17.2 Å². The molecule has 1 atom stereocenters. The van der Waals surface area contributed by atoms with Crippen LogP contribution in [0.1, 0.15) is 30.9 Å². The van der Waals surface area contributed by atoms with Crippen LogP contribution in [0.4, 0.5) is 18.9 Å². The SMILES string of the molecule is CC(C)c1ccccc1N1C(=O)CS/C1=N\C(O)NCCc1cccc(-c2ncn(-c3ccc(OC(F)(F)F)cc3)n2)c1. The first-order chi connectivity index (χ1) is 20.6. The van der Waals surface area contributed by atoms with Gasteiger partial charge in [0.1, 0.15) is 12.1 Å². The molecule has 9 nitrogen and oxygen atoms in total. The first kappa shape index (κ1) is 30.3. The molecule has 1 aliphatic heterocycles. The second kappa shape index (κ2) is 13.0. The van der Waals surface area contributed by atoms with Crippen molar-refractivity contribution in [1.82, 2.24) is 20.1 Å². The molecular formula is C30H29F3N6O3S. The van der Waals surface area contributed by atoms with Gasteiger partial charge >= 0.3 is 6.36 Å². The highest BCUT2D eigenvalue weighted by Gasteiger charge is 2.32. The summed E-state index contributed by atoms with van der Waals surface area (Å²) in [6.45, 7) is 4.54. The molecule has 3 aromatic carbocycles. The van der Waals surface area contributed by atoms with Crippen LogP contribution in [-0.4, -0.2) is 56.0 Å². The molecule has 5 rings (SSSR count). The summed E-state index contributed by atoms with van der Waals surface area (Å²) in [6.07, 6.45) is -3.91. The number of amides is 1. The summed E-state index contributed by atoms with van der Waals surface area (Å²) in [5.74, 6) is 0.517. The van der Waals surface area contributed by atoms with Crippen LogP contribution in [0, 0.1) is 0 Å². The number of hydrogen-bond donors (Lipinski definition) is 2. The highest BCUT2D eigenvalue weighted by molar-refractivity contribution is 8.15. The zero-order valence-electron chi connectivity index (χ0n) is 23.3. The molecule has 1 unspecified atom stereocenters. The number of nitrogens with one attached hydrogen (secondary N) is 1. The maximum Gasteiger partial charge on any atom is 0.573 e. The van der Waals surface area contributed by atoms with E-state index in [9.17, 15) is 23.1 Å². The molecule has 13 heteroatoms. The van der Waals surface area contributed by atoms with Crippen LogP contribution < -0.4 is 15.0 Å². The molecule has 1 saturated heterocycles. The Morgan fingerprint density at radius 3 is 2.60 bits per heavy atom. The largest absolute Gasteiger partial charge is 0.573 e. The molecule has 1 amide bonds. The molecule has 4 aromatic rings. The fourth-order valence-electron chi connectivity index (χ4n) is 4.56. The Hall–Kier alpha value is -4.20. The van der Waals surface area contributed by atoms with Crippen LogP contribution in [0.25, 0.3) is 17.1 Å². The van der Waals surface area contributed by atoms with E-state index in [1.807, 2.05) is 48.5 Å². The minimum atomic E-state index is -4.76. The van der Waals surface area contributed by atoms with Gasteiger partial charge in [-0.25, -0.2) is 14.7 Å². The normalized spacial score (nSPS) is 15.5. The van der Waals surface area contributed by atoms with Crippen molar-refractivity contribution in [3.63, 3.8) is 0 Å². The van der Waals surface area contributed by atoms with Gasteiger partial charge in [-0.3, -0.25) is 15.0 Å². The summed E-state index contributed by atoms with van der Waals surface area (Å²) in [5, 5.41) is 18.5. The number of halogens is 3. The summed E-state index contributed by atoms with van der Waals surface area (Å²) < 4.78 is 42.6. The van der Waals surface area contributed by atoms with Crippen molar-refractivity contribution in [2.45, 2.75) is 38.9 Å². The van der Waals surface area contributed by atoms with E-state index in [2.05, 4.69) is 39.0 Å². The Kier molecular flexibility index (Phi) is 9.14. The van der Waals surface area contributed by atoms with Gasteiger partial charge in [-0.05, 0) is 59.9 Å². The van der Waals surface area contributed by atoms with Crippen LogP contribution in [0.3, 0.4) is 0 Å². The molecule has 0 spiro atoms. The fraction of sp³-hybridized carbons (Fsp3) is 0.267. The van der Waals surface area contributed by atoms with Gasteiger partial charge in [0.25, 0.3) is 0 Å². The third-order valence-electron chi connectivity index (χ3n) is 6.55. The smallest absolute Gasteiger partial charge is 0.406 e. The van der Waals surface area contributed by atoms with Crippen molar-refractivity contribution < 1.29 is 27.8 Å². The van der Waals surface area contributed by atoms with Gasteiger partial charge < -0.3 is 9.84 Å². The number of alkyl halides is 3. The zero-order chi connectivity index (χ0) is 30.6. The molecule has 224 valence electrons. The number of carbonyl (C=O) groups is 1. The van der Waals surface area contributed by atoms with Crippen molar-refractivity contribution in [3.05, 3.63) is 90.3 Å². The third kappa shape index (κ3) is 7.61. The molecule has 0 radical (unpaired) electrons. The van der Waals surface area contributed by atoms with Gasteiger partial charge in [0, 0.05) is 12.1 Å². The van der Waals surface area contributed by atoms with E-state index >= 15 is 0 Å². The van der Waals surface area contributed by atoms with Crippen LogP contribution in [0.2, 0.25) is 0 Å². The van der Waals surface area contributed by atoms with Gasteiger partial charge in [-0.2, -0.15) is 0 Å². The maximum absolute atomic E-state index is 12.7. The Labute approximate surface area is 250 Å². The van der Waals surface area contributed by atoms with Gasteiger partial charge in [-0.1, -0.05) is 62.0 Å². The van der Waals surface area contributed by atoms with Crippen molar-refractivity contribution in [2.24, 2.45) is 4.99 Å². The fourth-order valence-corrected chi connectivity index (χ4v) is 5.44. The predicted molar refractivity (Wildman–Crippen MR) is 159 cm³/mol. The molecule has 2 heterocycles. The summed E-state index contributed by atoms with van der Waals surface area (Å²) in [6, 6.07) is 20.6. The number of aliphatic hydroxyl groups excluding tert-OH is 1. The Morgan fingerprint density at radius 2 is 1.86 bits per heavy atom. The van der Waals surface area contributed by atoms with E-state index in [0.717, 1.165) is 22.4 Å². The maximum atomic E-state index is 12.7. The van der Waals surface area contributed by atoms with Crippen molar-refractivity contribution in [3.8, 4) is 22.8 Å². The molecule has 0 bridgehead atoms. The number of aliphatic hydroxyl groups is 1. The Bertz CT molecular complexity index is 1610. The lowest BCUT2D eigenvalue weighted by atomic mass is 10.0. The topological polar surface area (TPSA) is 105 Å². The Balaban J connectivity index is 1.20. The van der Waals surface area contributed by atoms with Gasteiger partial charge in [0.2, 0.25) is 12.3 Å². The molecule has 43 heavy (non-hydrogen) atoms. The Morgan fingerprint density at radius 1 is 1.09 bits per heavy atom. The number of aromatic nitrogens is 3. The quantitative estimate of drug-likeness (QED) is 0.229. The van der Waals surface area contributed by atoms with E-state index in [1.54, 1.807) is 4.90 Å². The first-order valence-electron chi connectivity index (χ1n) is 13.5. The number of benzene rings is 3. The lowest BCUT2D eigenvalue weighted by molar-refractivity contribution is -0.274.